The third-order valence-electron chi connectivity index (χ3n) is 7.46. The Bertz CT molecular complexity index is 1460. The molecule has 2 saturated heterocycles. The van der Waals surface area contributed by atoms with Crippen LogP contribution in [0.5, 0.6) is 0 Å². The molecule has 16 heteroatoms. The van der Waals surface area contributed by atoms with E-state index >= 15 is 0 Å². The van der Waals surface area contributed by atoms with Gasteiger partial charge in [0.2, 0.25) is 10.0 Å². The maximum absolute atomic E-state index is 13.5. The number of nitrogens with one attached hydrogen (secondary N) is 1. The summed E-state index contributed by atoms with van der Waals surface area (Å²) in [7, 11) is -10.4. The molecule has 0 radical (unpaired) electrons. The zero-order valence-corrected chi connectivity index (χ0v) is 24.3. The van der Waals surface area contributed by atoms with Crippen molar-refractivity contribution in [2.24, 2.45) is 10.6 Å². The van der Waals surface area contributed by atoms with Crippen molar-refractivity contribution in [3.05, 3.63) is 48.5 Å². The molecule has 2 aromatic rings. The number of nitrogens with two attached hydrogens (primary N) is 1. The fraction of sp³-hybridized carbons (Fsp3) is 0.480. The number of primary sulfonamides is 1. The number of nitrogens with zero attached hydrogens (tertiary/aromatic N) is 2. The molecule has 4 rings (SSSR count). The van der Waals surface area contributed by atoms with Gasteiger partial charge in [-0.05, 0) is 62.7 Å². The number of hydrogen-bond acceptors (Lipinski definition) is 8. The minimum absolute atomic E-state index is 0.0123. The highest BCUT2D eigenvalue weighted by molar-refractivity contribution is 7.99. The fourth-order valence-corrected chi connectivity index (χ4v) is 7.64. The molecule has 4 N–H and O–H groups in total. The van der Waals surface area contributed by atoms with Crippen LogP contribution in [-0.2, 0) is 19.9 Å². The number of halogens is 3. The zero-order valence-electron chi connectivity index (χ0n) is 21.9. The highest BCUT2D eigenvalue weighted by atomic mass is 32.2. The number of likely N-dealkylation sites (tertiary alicyclic amines) is 2. The summed E-state index contributed by atoms with van der Waals surface area (Å²) >= 11 is 1.45. The smallest absolute Gasteiger partial charge is 0.465 e. The van der Waals surface area contributed by atoms with Gasteiger partial charge < -0.3 is 20.2 Å². The maximum Gasteiger partial charge on any atom is 0.501 e. The van der Waals surface area contributed by atoms with E-state index in [1.54, 1.807) is 0 Å². The first kappa shape index (κ1) is 31.4. The Morgan fingerprint density at radius 2 is 1.71 bits per heavy atom. The van der Waals surface area contributed by atoms with Crippen LogP contribution >= 0.6 is 11.8 Å². The summed E-state index contributed by atoms with van der Waals surface area (Å²) in [6, 6.07) is 11.2. The predicted molar refractivity (Wildman–Crippen MR) is 148 cm³/mol. The molecule has 10 nitrogen and oxygen atoms in total. The van der Waals surface area contributed by atoms with Gasteiger partial charge in [0.25, 0.3) is 9.84 Å². The number of hydrogen-bond donors (Lipinski definition) is 3. The normalized spacial score (nSPS) is 18.6. The summed E-state index contributed by atoms with van der Waals surface area (Å²) in [4.78, 5) is 13.7. The minimum atomic E-state index is -5.90. The van der Waals surface area contributed by atoms with Gasteiger partial charge in [0.1, 0.15) is 4.90 Å². The van der Waals surface area contributed by atoms with Crippen LogP contribution in [0.4, 0.5) is 23.7 Å². The van der Waals surface area contributed by atoms with Crippen molar-refractivity contribution in [1.82, 2.24) is 9.80 Å². The first-order valence-corrected chi connectivity index (χ1v) is 16.7. The zero-order chi connectivity index (χ0) is 30.1. The van der Waals surface area contributed by atoms with Crippen molar-refractivity contribution >= 4 is 43.4 Å². The standard InChI is InChI=1S/C25H31F3N4O6S3/c26-25(27,28)40(35,36)22-14-20(41(29,37)38)6-7-21(22)30-18(15-39-19-4-2-1-3-5-19)8-11-31-12-9-24(10-13-31)16-32(17-24)23(33)34/h1-7,14,18,30H,8-13,15-17H2,(H,33,34)(H2,29,37,38)/t18-/m1/s1. The third-order valence-corrected chi connectivity index (χ3v) is 11.1. The second kappa shape index (κ2) is 12.0. The molecule has 2 aromatic carbocycles. The van der Waals surface area contributed by atoms with E-state index in [0.717, 1.165) is 43.0 Å². The van der Waals surface area contributed by atoms with Crippen LogP contribution in [-0.4, -0.2) is 87.9 Å². The number of thioether (sulfide) groups is 1. The molecule has 41 heavy (non-hydrogen) atoms. The molecule has 2 aliphatic rings. The molecular formula is C25H31F3N4O6S3. The molecule has 1 amide bonds. The van der Waals surface area contributed by atoms with Gasteiger partial charge in [-0.2, -0.15) is 13.2 Å². The lowest BCUT2D eigenvalue weighted by Crippen LogP contribution is -2.61. The fourth-order valence-electron chi connectivity index (χ4n) is 5.08. The quantitative estimate of drug-likeness (QED) is 0.332. The number of anilines is 1. The Labute approximate surface area is 241 Å². The lowest BCUT2D eigenvalue weighted by atomic mass is 9.72. The van der Waals surface area contributed by atoms with E-state index in [0.29, 0.717) is 37.9 Å². The summed E-state index contributed by atoms with van der Waals surface area (Å²) in [5.74, 6) is 0.387. The van der Waals surface area contributed by atoms with E-state index in [1.807, 2.05) is 30.3 Å². The molecule has 226 valence electrons. The average molecular weight is 637 g/mol. The first-order valence-electron chi connectivity index (χ1n) is 12.7. The topological polar surface area (TPSA) is 150 Å². The number of benzene rings is 2. The van der Waals surface area contributed by atoms with Crippen molar-refractivity contribution in [2.75, 3.05) is 43.8 Å². The Morgan fingerprint density at radius 3 is 2.27 bits per heavy atom. The molecule has 0 unspecified atom stereocenters. The highest BCUT2D eigenvalue weighted by Crippen LogP contribution is 2.41. The molecule has 2 heterocycles. The summed E-state index contributed by atoms with van der Waals surface area (Å²) < 4.78 is 89.1. The Hall–Kier alpha value is -2.53. The molecule has 0 bridgehead atoms. The molecule has 1 spiro atoms. The van der Waals surface area contributed by atoms with Crippen LogP contribution in [0.25, 0.3) is 0 Å². The number of amides is 1. The molecule has 0 aliphatic carbocycles. The summed E-state index contributed by atoms with van der Waals surface area (Å²) in [6.07, 6.45) is 1.19. The van der Waals surface area contributed by atoms with E-state index in [4.69, 9.17) is 10.2 Å². The van der Waals surface area contributed by atoms with Crippen molar-refractivity contribution < 1.29 is 39.9 Å². The Balaban J connectivity index is 1.52. The van der Waals surface area contributed by atoms with E-state index in [1.165, 1.54) is 16.7 Å². The summed E-state index contributed by atoms with van der Waals surface area (Å²) in [5, 5.41) is 17.1. The monoisotopic (exact) mass is 636 g/mol. The first-order chi connectivity index (χ1) is 19.1. The highest BCUT2D eigenvalue weighted by Gasteiger charge is 2.49. The van der Waals surface area contributed by atoms with Gasteiger partial charge >= 0.3 is 11.6 Å². The minimum Gasteiger partial charge on any atom is -0.465 e. The number of carboxylic acid groups (broad SMARTS) is 1. The third kappa shape index (κ3) is 7.46. The Morgan fingerprint density at radius 1 is 1.07 bits per heavy atom. The number of sulfone groups is 1. The maximum atomic E-state index is 13.5. The van der Waals surface area contributed by atoms with Crippen LogP contribution in [0.15, 0.2) is 63.2 Å². The lowest BCUT2D eigenvalue weighted by Gasteiger charge is -2.53. The van der Waals surface area contributed by atoms with Crippen molar-refractivity contribution in [3.8, 4) is 0 Å². The van der Waals surface area contributed by atoms with Gasteiger partial charge in [0.05, 0.1) is 10.6 Å². The van der Waals surface area contributed by atoms with Gasteiger partial charge in [-0.1, -0.05) is 18.2 Å². The van der Waals surface area contributed by atoms with Crippen LogP contribution in [0, 0.1) is 5.41 Å². The number of sulfonamides is 1. The van der Waals surface area contributed by atoms with E-state index in [-0.39, 0.29) is 11.1 Å². The van der Waals surface area contributed by atoms with Crippen molar-refractivity contribution in [3.63, 3.8) is 0 Å². The Kier molecular flexibility index (Phi) is 9.18. The number of piperidine rings is 1. The van der Waals surface area contributed by atoms with Crippen LogP contribution in [0.1, 0.15) is 19.3 Å². The lowest BCUT2D eigenvalue weighted by molar-refractivity contribution is -0.0435. The SMILES string of the molecule is NS(=O)(=O)c1ccc(N[C@H](CCN2CCC3(CC2)CN(C(=O)O)C3)CSc2ccccc2)c(S(=O)(=O)C(F)(F)F)c1. The van der Waals surface area contributed by atoms with Crippen LogP contribution < -0.4 is 10.5 Å². The van der Waals surface area contributed by atoms with Gasteiger partial charge in [0.15, 0.2) is 0 Å². The molecule has 2 aliphatic heterocycles. The van der Waals surface area contributed by atoms with Crippen molar-refractivity contribution in [1.29, 1.82) is 0 Å². The molecular weight excluding hydrogens is 605 g/mol. The van der Waals surface area contributed by atoms with Crippen molar-refractivity contribution in [2.45, 2.75) is 45.5 Å². The van der Waals surface area contributed by atoms with Gasteiger partial charge in [-0.15, -0.1) is 11.8 Å². The molecule has 1 atom stereocenters. The van der Waals surface area contributed by atoms with Gasteiger partial charge in [-0.3, -0.25) is 0 Å². The average Bonchev–Trinajstić information content (AvgIpc) is 2.88. The second-order valence-corrected chi connectivity index (χ2v) is 15.0. The van der Waals surface area contributed by atoms with E-state index < -0.39 is 47.3 Å². The number of carbonyl (C=O) groups is 1. The molecule has 0 aromatic heterocycles. The van der Waals surface area contributed by atoms with E-state index in [2.05, 4.69) is 10.2 Å². The van der Waals surface area contributed by atoms with Gasteiger partial charge in [-0.25, -0.2) is 26.8 Å². The van der Waals surface area contributed by atoms with Crippen LogP contribution in [0.3, 0.4) is 0 Å². The second-order valence-electron chi connectivity index (χ2n) is 10.4. The largest absolute Gasteiger partial charge is 0.501 e. The summed E-state index contributed by atoms with van der Waals surface area (Å²) in [6.45, 7) is 3.08. The van der Waals surface area contributed by atoms with Crippen LogP contribution in [0.2, 0.25) is 0 Å². The number of alkyl halides is 3. The molecule has 0 saturated carbocycles. The summed E-state index contributed by atoms with van der Waals surface area (Å²) in [5.41, 5.74) is -6.04. The van der Waals surface area contributed by atoms with E-state index in [9.17, 15) is 34.8 Å². The number of rotatable bonds is 10. The molecule has 2 fully saturated rings. The predicted octanol–water partition coefficient (Wildman–Crippen LogP) is 3.67. The van der Waals surface area contributed by atoms with Gasteiger partial charge in [0, 0.05) is 41.7 Å².